The van der Waals surface area contributed by atoms with Gasteiger partial charge in [-0.25, -0.2) is 15.0 Å². The fourth-order valence-corrected chi connectivity index (χ4v) is 6.16. The summed E-state index contributed by atoms with van der Waals surface area (Å²) in [6.45, 7) is 3.71. The summed E-state index contributed by atoms with van der Waals surface area (Å²) in [7, 11) is 0. The number of aliphatic carboxylic acids is 1. The predicted molar refractivity (Wildman–Crippen MR) is 132 cm³/mol. The third kappa shape index (κ3) is 4.78. The fraction of sp³-hybridized carbons (Fsp3) is 0.360. The van der Waals surface area contributed by atoms with Crippen molar-refractivity contribution in [2.45, 2.75) is 44.9 Å². The zero-order chi connectivity index (χ0) is 26.6. The number of aromatic nitrogens is 4. The summed E-state index contributed by atoms with van der Waals surface area (Å²) in [5, 5.41) is 25.1. The number of nitrogens with zero attached hydrogens (tertiary/aromatic N) is 3. The predicted octanol–water partition coefficient (Wildman–Crippen LogP) is 5.94. The Hall–Kier alpha value is -3.51. The Bertz CT molecular complexity index is 1480. The molecule has 0 radical (unpaired) electrons. The Morgan fingerprint density at radius 3 is 2.73 bits per heavy atom. The minimum Gasteiger partial charge on any atom is -0.481 e. The number of carboxylic acids is 1. The number of alkyl halides is 3. The Morgan fingerprint density at radius 1 is 1.24 bits per heavy atom. The summed E-state index contributed by atoms with van der Waals surface area (Å²) in [5.41, 5.74) is -0.735. The van der Waals surface area contributed by atoms with Gasteiger partial charge < -0.3 is 20.5 Å². The number of H-pyrrole nitrogens is 1. The first-order chi connectivity index (χ1) is 17.4. The van der Waals surface area contributed by atoms with Crippen molar-refractivity contribution >= 4 is 39.8 Å². The van der Waals surface area contributed by atoms with Crippen molar-refractivity contribution in [3.63, 3.8) is 0 Å². The number of halogens is 3. The van der Waals surface area contributed by atoms with Gasteiger partial charge in [0, 0.05) is 40.7 Å². The molecule has 0 aliphatic heterocycles. The molecular formula is C25H24F3N5O3S. The third-order valence-corrected chi connectivity index (χ3v) is 8.11. The largest absolute Gasteiger partial charge is 0.481 e. The van der Waals surface area contributed by atoms with E-state index in [0.29, 0.717) is 23.5 Å². The van der Waals surface area contributed by atoms with Crippen molar-refractivity contribution in [2.24, 2.45) is 11.3 Å². The van der Waals surface area contributed by atoms with E-state index in [-0.39, 0.29) is 12.4 Å². The summed E-state index contributed by atoms with van der Waals surface area (Å²) in [6.07, 6.45) is 0.894. The molecule has 1 fully saturated rings. The van der Waals surface area contributed by atoms with Crippen molar-refractivity contribution < 1.29 is 28.2 Å². The molecule has 0 saturated heterocycles. The Kier molecular flexibility index (Phi) is 5.99. The van der Waals surface area contributed by atoms with Crippen LogP contribution in [0.15, 0.2) is 42.9 Å². The molecule has 3 heterocycles. The lowest BCUT2D eigenvalue weighted by Crippen LogP contribution is -2.44. The molecule has 3 aromatic heterocycles. The van der Waals surface area contributed by atoms with Gasteiger partial charge in [-0.05, 0) is 48.9 Å². The molecule has 0 amide bonds. The van der Waals surface area contributed by atoms with Crippen LogP contribution in [0.1, 0.15) is 43.8 Å². The number of rotatable bonds is 5. The van der Waals surface area contributed by atoms with E-state index in [0.717, 1.165) is 33.6 Å². The minimum atomic E-state index is -4.58. The molecule has 8 nitrogen and oxygen atoms in total. The number of anilines is 2. The molecule has 2 atom stereocenters. The highest BCUT2D eigenvalue weighted by Crippen LogP contribution is 2.51. The van der Waals surface area contributed by atoms with E-state index < -0.39 is 34.8 Å². The van der Waals surface area contributed by atoms with Crippen LogP contribution in [-0.2, 0) is 16.6 Å². The zero-order valence-corrected chi connectivity index (χ0v) is 20.7. The van der Waals surface area contributed by atoms with E-state index in [1.54, 1.807) is 24.4 Å². The number of aliphatic hydroxyl groups is 1. The highest BCUT2D eigenvalue weighted by atomic mass is 32.1. The molecule has 1 aliphatic rings. The van der Waals surface area contributed by atoms with Crippen LogP contribution in [0.5, 0.6) is 0 Å². The van der Waals surface area contributed by atoms with Gasteiger partial charge in [0.15, 0.2) is 0 Å². The molecule has 4 N–H and O–H groups in total. The minimum absolute atomic E-state index is 0.173. The number of benzene rings is 1. The normalized spacial score (nSPS) is 21.7. The van der Waals surface area contributed by atoms with Crippen LogP contribution < -0.4 is 5.32 Å². The third-order valence-electron chi connectivity index (χ3n) is 6.89. The molecule has 2 unspecified atom stereocenters. The number of aromatic amines is 1. The SMILES string of the molecule is CC1(C)CC(O)(c2ncc(-c3c[nH]c4ccc(Nc5nccc(C(F)(F)F)n5)cc34)s2)CCC1C(=O)O. The number of hydrogen-bond acceptors (Lipinski definition) is 7. The average Bonchev–Trinajstić information content (AvgIpc) is 3.45. The van der Waals surface area contributed by atoms with E-state index in [1.807, 2.05) is 20.0 Å². The fourth-order valence-electron chi connectivity index (χ4n) is 5.10. The van der Waals surface area contributed by atoms with Gasteiger partial charge in [-0.1, -0.05) is 13.8 Å². The first kappa shape index (κ1) is 25.2. The standard InChI is InChI=1S/C25H24F3N5O3S/c1-23(2)12-24(36,7-5-16(23)20(34)35)21-31-11-18(37-21)15-10-30-17-4-3-13(9-14(15)17)32-22-29-8-6-19(33-22)25(26,27)28/h3-4,6,8-11,16,30,36H,5,7,12H2,1-2H3,(H,34,35)(H,29,32,33). The highest BCUT2D eigenvalue weighted by Gasteiger charge is 2.49. The molecule has 0 bridgehead atoms. The monoisotopic (exact) mass is 531 g/mol. The van der Waals surface area contributed by atoms with Gasteiger partial charge in [-0.2, -0.15) is 13.2 Å². The first-order valence-corrected chi connectivity index (χ1v) is 12.4. The molecule has 194 valence electrons. The Labute approximate surface area is 213 Å². The highest BCUT2D eigenvalue weighted by molar-refractivity contribution is 7.15. The van der Waals surface area contributed by atoms with Crippen molar-refractivity contribution in [3.8, 4) is 10.4 Å². The summed E-state index contributed by atoms with van der Waals surface area (Å²) in [5.74, 6) is -1.56. The molecule has 5 rings (SSSR count). The number of carbonyl (C=O) groups is 1. The summed E-state index contributed by atoms with van der Waals surface area (Å²) >= 11 is 1.34. The Morgan fingerprint density at radius 2 is 2.03 bits per heavy atom. The second-order valence-corrected chi connectivity index (χ2v) is 11.0. The van der Waals surface area contributed by atoms with Crippen molar-refractivity contribution in [1.29, 1.82) is 0 Å². The summed E-state index contributed by atoms with van der Waals surface area (Å²) in [4.78, 5) is 27.5. The van der Waals surface area contributed by atoms with Crippen LogP contribution >= 0.6 is 11.3 Å². The number of nitrogens with one attached hydrogen (secondary N) is 2. The van der Waals surface area contributed by atoms with Crippen LogP contribution in [-0.4, -0.2) is 36.1 Å². The lowest BCUT2D eigenvalue weighted by atomic mass is 9.63. The average molecular weight is 532 g/mol. The lowest BCUT2D eigenvalue weighted by Gasteiger charge is -2.44. The van der Waals surface area contributed by atoms with Gasteiger partial charge >= 0.3 is 12.1 Å². The smallest absolute Gasteiger partial charge is 0.433 e. The summed E-state index contributed by atoms with van der Waals surface area (Å²) in [6, 6.07) is 6.08. The maximum Gasteiger partial charge on any atom is 0.433 e. The molecule has 1 aromatic carbocycles. The van der Waals surface area contributed by atoms with E-state index in [4.69, 9.17) is 0 Å². The number of hydrogen-bond donors (Lipinski definition) is 4. The number of thiazole rings is 1. The summed E-state index contributed by atoms with van der Waals surface area (Å²) < 4.78 is 39.0. The van der Waals surface area contributed by atoms with E-state index in [9.17, 15) is 28.2 Å². The van der Waals surface area contributed by atoms with Crippen molar-refractivity contribution in [3.05, 3.63) is 53.6 Å². The van der Waals surface area contributed by atoms with Gasteiger partial charge in [-0.15, -0.1) is 11.3 Å². The maximum atomic E-state index is 13.0. The van der Waals surface area contributed by atoms with Gasteiger partial charge in [0.2, 0.25) is 5.95 Å². The molecule has 1 aliphatic carbocycles. The molecule has 0 spiro atoms. The van der Waals surface area contributed by atoms with Crippen LogP contribution in [0, 0.1) is 11.3 Å². The number of fused-ring (bicyclic) bond motifs is 1. The number of carboxylic acid groups (broad SMARTS) is 1. The van der Waals surface area contributed by atoms with Gasteiger partial charge in [0.05, 0.1) is 10.8 Å². The van der Waals surface area contributed by atoms with Crippen LogP contribution in [0.4, 0.5) is 24.8 Å². The second kappa shape index (κ2) is 8.80. The van der Waals surface area contributed by atoms with E-state index in [1.165, 1.54) is 11.3 Å². The van der Waals surface area contributed by atoms with Crippen LogP contribution in [0.25, 0.3) is 21.3 Å². The molecule has 12 heteroatoms. The van der Waals surface area contributed by atoms with Crippen molar-refractivity contribution in [1.82, 2.24) is 19.9 Å². The van der Waals surface area contributed by atoms with Crippen LogP contribution in [0.2, 0.25) is 0 Å². The topological polar surface area (TPSA) is 124 Å². The van der Waals surface area contributed by atoms with Gasteiger partial charge in [0.1, 0.15) is 16.3 Å². The lowest BCUT2D eigenvalue weighted by molar-refractivity contribution is -0.154. The van der Waals surface area contributed by atoms with Crippen molar-refractivity contribution in [2.75, 3.05) is 5.32 Å². The molecule has 4 aromatic rings. The Balaban J connectivity index is 1.43. The molecular weight excluding hydrogens is 507 g/mol. The second-order valence-electron chi connectivity index (χ2n) is 10.0. The van der Waals surface area contributed by atoms with Crippen LogP contribution in [0.3, 0.4) is 0 Å². The van der Waals surface area contributed by atoms with E-state index >= 15 is 0 Å². The van der Waals surface area contributed by atoms with Gasteiger partial charge in [0.25, 0.3) is 0 Å². The molecule has 1 saturated carbocycles. The van der Waals surface area contributed by atoms with Gasteiger partial charge in [-0.3, -0.25) is 4.79 Å². The van der Waals surface area contributed by atoms with E-state index in [2.05, 4.69) is 25.3 Å². The maximum absolute atomic E-state index is 13.0. The quantitative estimate of drug-likeness (QED) is 0.251. The zero-order valence-electron chi connectivity index (χ0n) is 19.9. The first-order valence-electron chi connectivity index (χ1n) is 11.6. The molecule has 37 heavy (non-hydrogen) atoms.